The lowest BCUT2D eigenvalue weighted by Gasteiger charge is -2.06. The lowest BCUT2D eigenvalue weighted by Crippen LogP contribution is -2.08. The highest BCUT2D eigenvalue weighted by molar-refractivity contribution is 5.09. The summed E-state index contributed by atoms with van der Waals surface area (Å²) in [5.74, 6) is 1.36. The van der Waals surface area contributed by atoms with Crippen LogP contribution < -0.4 is 5.73 Å². The fourth-order valence-corrected chi connectivity index (χ4v) is 1.25. The summed E-state index contributed by atoms with van der Waals surface area (Å²) in [4.78, 5) is 0. The summed E-state index contributed by atoms with van der Waals surface area (Å²) >= 11 is 0. The molecule has 0 spiro atoms. The van der Waals surface area contributed by atoms with Crippen molar-refractivity contribution in [3.05, 3.63) is 23.7 Å². The number of nitrogens with two attached hydrogens (primary N) is 1. The Morgan fingerprint density at radius 2 is 2.31 bits per heavy atom. The molecule has 0 aromatic carbocycles. The molecule has 0 aliphatic rings. The SMILES string of the molecule is CCCCC(N)c1ccc(CO)o1. The molecule has 3 heteroatoms. The lowest BCUT2D eigenvalue weighted by molar-refractivity contribution is 0.241. The average Bonchev–Trinajstić information content (AvgIpc) is 2.62. The van der Waals surface area contributed by atoms with Gasteiger partial charge in [-0.1, -0.05) is 19.8 Å². The minimum atomic E-state index is -0.0551. The van der Waals surface area contributed by atoms with Gasteiger partial charge < -0.3 is 15.3 Å². The van der Waals surface area contributed by atoms with Gasteiger partial charge in [0.05, 0.1) is 6.04 Å². The highest BCUT2D eigenvalue weighted by Crippen LogP contribution is 2.19. The molecular formula is C10H17NO2. The van der Waals surface area contributed by atoms with Crippen molar-refractivity contribution in [1.29, 1.82) is 0 Å². The average molecular weight is 183 g/mol. The number of hydrogen-bond acceptors (Lipinski definition) is 3. The van der Waals surface area contributed by atoms with E-state index in [9.17, 15) is 0 Å². The van der Waals surface area contributed by atoms with Crippen LogP contribution in [0, 0.1) is 0 Å². The molecule has 1 atom stereocenters. The second-order valence-electron chi connectivity index (χ2n) is 3.21. The molecule has 0 fully saturated rings. The van der Waals surface area contributed by atoms with Gasteiger partial charge in [0.15, 0.2) is 0 Å². The predicted molar refractivity (Wildman–Crippen MR) is 51.1 cm³/mol. The molecule has 74 valence electrons. The van der Waals surface area contributed by atoms with Crippen LogP contribution in [0.5, 0.6) is 0 Å². The molecule has 1 aromatic heterocycles. The Balaban J connectivity index is 2.50. The van der Waals surface area contributed by atoms with Crippen LogP contribution in [0.3, 0.4) is 0 Å². The van der Waals surface area contributed by atoms with Crippen molar-refractivity contribution < 1.29 is 9.52 Å². The Bertz CT molecular complexity index is 245. The summed E-state index contributed by atoms with van der Waals surface area (Å²) in [5.41, 5.74) is 5.87. The standard InChI is InChI=1S/C10H17NO2/c1-2-3-4-9(11)10-6-5-8(7-12)13-10/h5-6,9,12H,2-4,7,11H2,1H3. The third-order valence-electron chi connectivity index (χ3n) is 2.07. The Hall–Kier alpha value is -0.800. The first-order chi connectivity index (χ1) is 6.27. The molecule has 0 saturated carbocycles. The zero-order valence-electron chi connectivity index (χ0n) is 7.99. The Labute approximate surface area is 78.5 Å². The second kappa shape index (κ2) is 5.04. The van der Waals surface area contributed by atoms with Crippen LogP contribution >= 0.6 is 0 Å². The maximum Gasteiger partial charge on any atom is 0.129 e. The van der Waals surface area contributed by atoms with Gasteiger partial charge in [-0.3, -0.25) is 0 Å². The third kappa shape index (κ3) is 2.86. The number of hydrogen-bond donors (Lipinski definition) is 2. The summed E-state index contributed by atoms with van der Waals surface area (Å²) in [7, 11) is 0. The second-order valence-corrected chi connectivity index (χ2v) is 3.21. The molecular weight excluding hydrogens is 166 g/mol. The Morgan fingerprint density at radius 3 is 2.85 bits per heavy atom. The normalized spacial score (nSPS) is 13.2. The van der Waals surface area contributed by atoms with Gasteiger partial charge in [0.2, 0.25) is 0 Å². The molecule has 3 N–H and O–H groups in total. The van der Waals surface area contributed by atoms with E-state index in [1.807, 2.05) is 6.07 Å². The van der Waals surface area contributed by atoms with Gasteiger partial charge in [0, 0.05) is 0 Å². The molecule has 3 nitrogen and oxygen atoms in total. The van der Waals surface area contributed by atoms with Crippen molar-refractivity contribution in [2.75, 3.05) is 0 Å². The monoisotopic (exact) mass is 183 g/mol. The molecule has 1 aromatic rings. The van der Waals surface area contributed by atoms with Gasteiger partial charge in [-0.2, -0.15) is 0 Å². The van der Waals surface area contributed by atoms with Crippen molar-refractivity contribution >= 4 is 0 Å². The van der Waals surface area contributed by atoms with Crippen LogP contribution in [-0.2, 0) is 6.61 Å². The van der Waals surface area contributed by atoms with E-state index >= 15 is 0 Å². The number of aliphatic hydroxyl groups is 1. The molecule has 1 rings (SSSR count). The highest BCUT2D eigenvalue weighted by atomic mass is 16.4. The summed E-state index contributed by atoms with van der Waals surface area (Å²) < 4.78 is 5.32. The van der Waals surface area contributed by atoms with Crippen LogP contribution in [0.2, 0.25) is 0 Å². The smallest absolute Gasteiger partial charge is 0.129 e. The van der Waals surface area contributed by atoms with E-state index in [-0.39, 0.29) is 12.6 Å². The van der Waals surface area contributed by atoms with Gasteiger partial charge in [-0.05, 0) is 18.6 Å². The molecule has 0 radical (unpaired) electrons. The maximum absolute atomic E-state index is 8.77. The first-order valence-electron chi connectivity index (χ1n) is 4.73. The number of rotatable bonds is 5. The van der Waals surface area contributed by atoms with Crippen LogP contribution in [0.4, 0.5) is 0 Å². The summed E-state index contributed by atoms with van der Waals surface area (Å²) in [6.07, 6.45) is 3.19. The first-order valence-corrected chi connectivity index (χ1v) is 4.73. The molecule has 1 unspecified atom stereocenters. The number of aliphatic hydroxyl groups excluding tert-OH is 1. The molecule has 0 bridgehead atoms. The van der Waals surface area contributed by atoms with Gasteiger partial charge in [-0.15, -0.1) is 0 Å². The van der Waals surface area contributed by atoms with E-state index in [4.69, 9.17) is 15.3 Å². The van der Waals surface area contributed by atoms with Crippen molar-refractivity contribution in [3.8, 4) is 0 Å². The van der Waals surface area contributed by atoms with E-state index in [2.05, 4.69) is 6.92 Å². The van der Waals surface area contributed by atoms with Crippen LogP contribution in [-0.4, -0.2) is 5.11 Å². The summed E-state index contributed by atoms with van der Waals surface area (Å²) in [6, 6.07) is 3.58. The van der Waals surface area contributed by atoms with E-state index in [1.165, 1.54) is 0 Å². The Morgan fingerprint density at radius 1 is 1.54 bits per heavy atom. The van der Waals surface area contributed by atoms with Crippen molar-refractivity contribution in [3.63, 3.8) is 0 Å². The van der Waals surface area contributed by atoms with Gasteiger partial charge in [0.25, 0.3) is 0 Å². The van der Waals surface area contributed by atoms with Crippen molar-refractivity contribution in [2.45, 2.75) is 38.8 Å². The molecule has 0 aliphatic carbocycles. The van der Waals surface area contributed by atoms with Crippen molar-refractivity contribution in [2.24, 2.45) is 5.73 Å². The molecule has 0 amide bonds. The zero-order chi connectivity index (χ0) is 9.68. The minimum Gasteiger partial charge on any atom is -0.462 e. The van der Waals surface area contributed by atoms with Crippen LogP contribution in [0.15, 0.2) is 16.5 Å². The van der Waals surface area contributed by atoms with E-state index in [0.29, 0.717) is 5.76 Å². The number of furan rings is 1. The highest BCUT2D eigenvalue weighted by Gasteiger charge is 2.09. The van der Waals surface area contributed by atoms with E-state index < -0.39 is 0 Å². The lowest BCUT2D eigenvalue weighted by atomic mass is 10.1. The largest absolute Gasteiger partial charge is 0.462 e. The fraction of sp³-hybridized carbons (Fsp3) is 0.600. The summed E-state index contributed by atoms with van der Waals surface area (Å²) in [6.45, 7) is 2.08. The first kappa shape index (κ1) is 10.3. The quantitative estimate of drug-likeness (QED) is 0.733. The topological polar surface area (TPSA) is 59.4 Å². The molecule has 13 heavy (non-hydrogen) atoms. The maximum atomic E-state index is 8.77. The van der Waals surface area contributed by atoms with E-state index in [1.54, 1.807) is 6.07 Å². The van der Waals surface area contributed by atoms with Gasteiger partial charge in [-0.25, -0.2) is 0 Å². The fourth-order valence-electron chi connectivity index (χ4n) is 1.25. The number of unbranched alkanes of at least 4 members (excludes halogenated alkanes) is 1. The minimum absolute atomic E-state index is 0.0275. The predicted octanol–water partition coefficient (Wildman–Crippen LogP) is 1.96. The molecule has 0 saturated heterocycles. The molecule has 0 aliphatic heterocycles. The Kier molecular flexibility index (Phi) is 3.99. The van der Waals surface area contributed by atoms with Gasteiger partial charge in [0.1, 0.15) is 18.1 Å². The third-order valence-corrected chi connectivity index (χ3v) is 2.07. The van der Waals surface area contributed by atoms with E-state index in [0.717, 1.165) is 25.0 Å². The van der Waals surface area contributed by atoms with Crippen LogP contribution in [0.25, 0.3) is 0 Å². The zero-order valence-corrected chi connectivity index (χ0v) is 7.99. The summed E-state index contributed by atoms with van der Waals surface area (Å²) in [5, 5.41) is 8.77. The molecule has 1 heterocycles. The van der Waals surface area contributed by atoms with Crippen LogP contribution in [0.1, 0.15) is 43.7 Å². The van der Waals surface area contributed by atoms with Gasteiger partial charge >= 0.3 is 0 Å². The van der Waals surface area contributed by atoms with Crippen molar-refractivity contribution in [1.82, 2.24) is 0 Å².